The van der Waals surface area contributed by atoms with E-state index in [0.717, 1.165) is 0 Å². The summed E-state index contributed by atoms with van der Waals surface area (Å²) in [6, 6.07) is 0.158. The van der Waals surface area contributed by atoms with E-state index in [1.54, 1.807) is 14.1 Å². The van der Waals surface area contributed by atoms with Crippen molar-refractivity contribution in [2.45, 2.75) is 0 Å². The van der Waals surface area contributed by atoms with E-state index < -0.39 is 0 Å². The number of nitrogens with zero attached hydrogens (tertiary/aromatic N) is 4. The van der Waals surface area contributed by atoms with Crippen LogP contribution in [0.2, 0.25) is 0 Å². The van der Waals surface area contributed by atoms with Crippen LogP contribution in [0.1, 0.15) is 0 Å². The fourth-order valence-corrected chi connectivity index (χ4v) is 1.10. The summed E-state index contributed by atoms with van der Waals surface area (Å²) in [5.74, 6) is 0.322. The predicted octanol–water partition coefficient (Wildman–Crippen LogP) is -0.428. The van der Waals surface area contributed by atoms with Crippen molar-refractivity contribution in [2.75, 3.05) is 46.7 Å². The Hall–Kier alpha value is -2.32. The molecule has 0 aliphatic rings. The van der Waals surface area contributed by atoms with Crippen LogP contribution in [0.15, 0.2) is 0 Å². The standard InChI is InChI=1S/C10H18N6O3/c1-16(2)10(17)12-6-5-11-7-13-8(18-3)15-9(14-7)19-4/h5-6H2,1-4H3,(H,12,17)(H,11,13,14,15). The third-order valence-electron chi connectivity index (χ3n) is 2.05. The molecule has 0 atom stereocenters. The van der Waals surface area contributed by atoms with Gasteiger partial charge >= 0.3 is 18.1 Å². The fraction of sp³-hybridized carbons (Fsp3) is 0.600. The average molecular weight is 270 g/mol. The maximum atomic E-state index is 11.3. The smallest absolute Gasteiger partial charge is 0.324 e. The van der Waals surface area contributed by atoms with Gasteiger partial charge in [0.1, 0.15) is 0 Å². The van der Waals surface area contributed by atoms with Crippen molar-refractivity contribution >= 4 is 12.0 Å². The SMILES string of the molecule is COc1nc(NCCNC(=O)N(C)C)nc(OC)n1. The number of hydrogen-bond donors (Lipinski definition) is 2. The third-order valence-corrected chi connectivity index (χ3v) is 2.05. The van der Waals surface area contributed by atoms with E-state index in [-0.39, 0.29) is 18.1 Å². The van der Waals surface area contributed by atoms with Crippen LogP contribution in [0, 0.1) is 0 Å². The number of amides is 2. The molecular weight excluding hydrogens is 252 g/mol. The zero-order valence-electron chi connectivity index (χ0n) is 11.4. The van der Waals surface area contributed by atoms with Crippen LogP contribution in [0.3, 0.4) is 0 Å². The second kappa shape index (κ2) is 7.19. The quantitative estimate of drug-likeness (QED) is 0.676. The number of methoxy groups -OCH3 is 2. The lowest BCUT2D eigenvalue weighted by Crippen LogP contribution is -2.37. The number of anilines is 1. The maximum Gasteiger partial charge on any atom is 0.324 e. The molecule has 2 amide bonds. The number of carbonyl (C=O) groups excluding carboxylic acids is 1. The summed E-state index contributed by atoms with van der Waals surface area (Å²) in [5, 5.41) is 5.63. The minimum atomic E-state index is -0.160. The van der Waals surface area contributed by atoms with Gasteiger partial charge in [-0.15, -0.1) is 4.98 Å². The molecule has 1 aromatic heterocycles. The molecule has 9 nitrogen and oxygen atoms in total. The molecule has 0 radical (unpaired) electrons. The van der Waals surface area contributed by atoms with Gasteiger partial charge in [-0.25, -0.2) is 4.79 Å². The molecule has 0 saturated carbocycles. The Kier molecular flexibility index (Phi) is 5.58. The third kappa shape index (κ3) is 4.82. The monoisotopic (exact) mass is 270 g/mol. The number of ether oxygens (including phenoxy) is 2. The fourth-order valence-electron chi connectivity index (χ4n) is 1.10. The van der Waals surface area contributed by atoms with Crippen LogP contribution < -0.4 is 20.1 Å². The van der Waals surface area contributed by atoms with Crippen molar-refractivity contribution in [3.8, 4) is 12.0 Å². The molecule has 1 aromatic rings. The highest BCUT2D eigenvalue weighted by atomic mass is 16.5. The lowest BCUT2D eigenvalue weighted by Gasteiger charge is -2.12. The lowest BCUT2D eigenvalue weighted by molar-refractivity contribution is 0.218. The Labute approximate surface area is 111 Å². The van der Waals surface area contributed by atoms with Crippen LogP contribution in [0.4, 0.5) is 10.7 Å². The highest BCUT2D eigenvalue weighted by molar-refractivity contribution is 5.73. The number of urea groups is 1. The summed E-state index contributed by atoms with van der Waals surface area (Å²) in [6.45, 7) is 0.906. The van der Waals surface area contributed by atoms with Gasteiger partial charge in [0.2, 0.25) is 5.95 Å². The zero-order chi connectivity index (χ0) is 14.3. The van der Waals surface area contributed by atoms with E-state index in [4.69, 9.17) is 9.47 Å². The van der Waals surface area contributed by atoms with Crippen molar-refractivity contribution in [1.29, 1.82) is 0 Å². The van der Waals surface area contributed by atoms with Crippen molar-refractivity contribution < 1.29 is 14.3 Å². The van der Waals surface area contributed by atoms with E-state index >= 15 is 0 Å². The van der Waals surface area contributed by atoms with E-state index in [9.17, 15) is 4.79 Å². The van der Waals surface area contributed by atoms with E-state index in [2.05, 4.69) is 25.6 Å². The van der Waals surface area contributed by atoms with Gasteiger partial charge in [0, 0.05) is 27.2 Å². The molecule has 0 aromatic carbocycles. The molecule has 0 spiro atoms. The van der Waals surface area contributed by atoms with Crippen molar-refractivity contribution in [1.82, 2.24) is 25.2 Å². The molecule has 0 bridgehead atoms. The predicted molar refractivity (Wildman–Crippen MR) is 68.5 cm³/mol. The van der Waals surface area contributed by atoms with Crippen LogP contribution in [-0.4, -0.2) is 67.3 Å². The Bertz CT molecular complexity index is 403. The molecular formula is C10H18N6O3. The van der Waals surface area contributed by atoms with E-state index in [0.29, 0.717) is 19.0 Å². The Morgan fingerprint density at radius 2 is 1.68 bits per heavy atom. The van der Waals surface area contributed by atoms with Gasteiger partial charge in [-0.05, 0) is 0 Å². The van der Waals surface area contributed by atoms with Gasteiger partial charge in [0.25, 0.3) is 0 Å². The highest BCUT2D eigenvalue weighted by Gasteiger charge is 2.06. The Morgan fingerprint density at radius 1 is 1.11 bits per heavy atom. The Morgan fingerprint density at radius 3 is 2.16 bits per heavy atom. The largest absolute Gasteiger partial charge is 0.467 e. The average Bonchev–Trinajstić information content (AvgIpc) is 2.42. The molecule has 1 rings (SSSR count). The lowest BCUT2D eigenvalue weighted by atomic mass is 10.6. The maximum absolute atomic E-state index is 11.3. The second-order valence-corrected chi connectivity index (χ2v) is 3.69. The highest BCUT2D eigenvalue weighted by Crippen LogP contribution is 2.11. The first-order chi connectivity index (χ1) is 9.06. The number of nitrogens with one attached hydrogen (secondary N) is 2. The number of hydrogen-bond acceptors (Lipinski definition) is 7. The van der Waals surface area contributed by atoms with Crippen LogP contribution >= 0.6 is 0 Å². The molecule has 106 valence electrons. The van der Waals surface area contributed by atoms with Gasteiger partial charge in [0.05, 0.1) is 14.2 Å². The molecule has 0 saturated heterocycles. The normalized spacial score (nSPS) is 9.68. The summed E-state index contributed by atoms with van der Waals surface area (Å²) in [7, 11) is 6.25. The van der Waals surface area contributed by atoms with Gasteiger partial charge in [-0.3, -0.25) is 0 Å². The minimum Gasteiger partial charge on any atom is -0.467 e. The summed E-state index contributed by atoms with van der Waals surface area (Å²) in [4.78, 5) is 24.6. The summed E-state index contributed by atoms with van der Waals surface area (Å²) < 4.78 is 9.83. The summed E-state index contributed by atoms with van der Waals surface area (Å²) in [6.07, 6.45) is 0. The van der Waals surface area contributed by atoms with Crippen molar-refractivity contribution in [2.24, 2.45) is 0 Å². The first-order valence-electron chi connectivity index (χ1n) is 5.60. The number of rotatable bonds is 6. The van der Waals surface area contributed by atoms with Gasteiger partial charge in [-0.2, -0.15) is 9.97 Å². The first-order valence-corrected chi connectivity index (χ1v) is 5.60. The molecule has 0 unspecified atom stereocenters. The van der Waals surface area contributed by atoms with Crippen LogP contribution in [0.25, 0.3) is 0 Å². The zero-order valence-corrected chi connectivity index (χ0v) is 11.4. The van der Waals surface area contributed by atoms with Crippen LogP contribution in [0.5, 0.6) is 12.0 Å². The molecule has 9 heteroatoms. The Balaban J connectivity index is 2.46. The summed E-state index contributed by atoms with van der Waals surface area (Å²) >= 11 is 0. The number of carbonyl (C=O) groups is 1. The summed E-state index contributed by atoms with van der Waals surface area (Å²) in [5.41, 5.74) is 0. The first kappa shape index (κ1) is 14.7. The minimum absolute atomic E-state index is 0.159. The molecule has 0 fully saturated rings. The van der Waals surface area contributed by atoms with E-state index in [1.807, 2.05) is 0 Å². The van der Waals surface area contributed by atoms with E-state index in [1.165, 1.54) is 19.1 Å². The topological polar surface area (TPSA) is 102 Å². The van der Waals surface area contributed by atoms with Crippen molar-refractivity contribution in [3.63, 3.8) is 0 Å². The molecule has 19 heavy (non-hydrogen) atoms. The number of aromatic nitrogens is 3. The van der Waals surface area contributed by atoms with Gasteiger partial charge in [0.15, 0.2) is 0 Å². The molecule has 1 heterocycles. The molecule has 0 aliphatic carbocycles. The van der Waals surface area contributed by atoms with Gasteiger partial charge in [-0.1, -0.05) is 0 Å². The molecule has 2 N–H and O–H groups in total. The van der Waals surface area contributed by atoms with Crippen LogP contribution in [-0.2, 0) is 0 Å². The second-order valence-electron chi connectivity index (χ2n) is 3.69. The molecule has 0 aliphatic heterocycles. The van der Waals surface area contributed by atoms with Gasteiger partial charge < -0.3 is 25.0 Å². The van der Waals surface area contributed by atoms with Crippen molar-refractivity contribution in [3.05, 3.63) is 0 Å².